The van der Waals surface area contributed by atoms with E-state index >= 15 is 0 Å². The Balaban J connectivity index is 2.43. The molecule has 2 bridgehead atoms. The summed E-state index contributed by atoms with van der Waals surface area (Å²) in [6.45, 7) is 1.67. The van der Waals surface area contributed by atoms with E-state index in [0.29, 0.717) is 0 Å². The summed E-state index contributed by atoms with van der Waals surface area (Å²) < 4.78 is 37.3. The molecule has 0 heterocycles. The number of alkyl halides is 4. The van der Waals surface area contributed by atoms with E-state index in [2.05, 4.69) is 0 Å². The Morgan fingerprint density at radius 1 is 1.38 bits per heavy atom. The summed E-state index contributed by atoms with van der Waals surface area (Å²) in [4.78, 5) is 0. The molecule has 0 spiro atoms. The van der Waals surface area contributed by atoms with Crippen LogP contribution in [0.4, 0.5) is 13.2 Å². The van der Waals surface area contributed by atoms with Crippen LogP contribution in [-0.4, -0.2) is 26.0 Å². The van der Waals surface area contributed by atoms with Gasteiger partial charge in [-0.1, -0.05) is 22.6 Å². The van der Waals surface area contributed by atoms with Crippen LogP contribution < -0.4 is 11.5 Å². The molecule has 0 aromatic heterocycles. The first-order chi connectivity index (χ1) is 6.94. The highest BCUT2D eigenvalue weighted by Crippen LogP contribution is 2.64. The Kier molecular flexibility index (Phi) is 2.44. The van der Waals surface area contributed by atoms with Gasteiger partial charge in [-0.3, -0.25) is 0 Å². The number of halogens is 4. The SMILES string of the molecule is CC1(N)C2CC(C1(N)I)C(O)(C(F)(F)F)C2. The molecule has 7 heteroatoms. The maximum atomic E-state index is 12.8. The second-order valence-electron chi connectivity index (χ2n) is 5.16. The molecule has 0 radical (unpaired) electrons. The first-order valence-corrected chi connectivity index (χ1v) is 6.08. The van der Waals surface area contributed by atoms with Gasteiger partial charge in [0, 0.05) is 11.5 Å². The zero-order valence-corrected chi connectivity index (χ0v) is 10.8. The molecule has 5 unspecified atom stereocenters. The fourth-order valence-corrected chi connectivity index (χ4v) is 4.27. The predicted molar refractivity (Wildman–Crippen MR) is 60.7 cm³/mol. The molecule has 5 atom stereocenters. The average Bonchev–Trinajstić information content (AvgIpc) is 2.49. The summed E-state index contributed by atoms with van der Waals surface area (Å²) >= 11 is 1.76. The second kappa shape index (κ2) is 3.04. The van der Waals surface area contributed by atoms with Gasteiger partial charge in [-0.05, 0) is 25.7 Å². The third-order valence-electron chi connectivity index (χ3n) is 4.33. The molecule has 0 aromatic carbocycles. The Bertz CT molecular complexity index is 331. The van der Waals surface area contributed by atoms with Crippen molar-refractivity contribution in [3.8, 4) is 0 Å². The summed E-state index contributed by atoms with van der Waals surface area (Å²) in [5.41, 5.74) is 8.37. The molecule has 3 nitrogen and oxygen atoms in total. The molecule has 16 heavy (non-hydrogen) atoms. The van der Waals surface area contributed by atoms with Crippen molar-refractivity contribution in [1.82, 2.24) is 0 Å². The highest BCUT2D eigenvalue weighted by Gasteiger charge is 2.76. The van der Waals surface area contributed by atoms with Crippen molar-refractivity contribution in [3.63, 3.8) is 0 Å². The standard InChI is InChI=1S/C9H14F3IN2O/c1-6(14)4-2-5(8(6,13)15)7(16,3-4)9(10,11)12/h4-5,16H,2-3,14-15H2,1H3. The molecule has 2 rings (SSSR count). The normalized spacial score (nSPS) is 57.0. The number of fused-ring (bicyclic) bond motifs is 2. The average molecular weight is 350 g/mol. The minimum atomic E-state index is -4.64. The van der Waals surface area contributed by atoms with Gasteiger partial charge in [0.05, 0.1) is 3.55 Å². The van der Waals surface area contributed by atoms with E-state index in [0.717, 1.165) is 0 Å². The molecule has 94 valence electrons. The summed E-state index contributed by atoms with van der Waals surface area (Å²) in [6, 6.07) is 0. The summed E-state index contributed by atoms with van der Waals surface area (Å²) in [7, 11) is 0. The van der Waals surface area contributed by atoms with Crippen molar-refractivity contribution in [1.29, 1.82) is 0 Å². The number of nitrogens with two attached hydrogens (primary N) is 2. The van der Waals surface area contributed by atoms with Gasteiger partial charge >= 0.3 is 6.18 Å². The van der Waals surface area contributed by atoms with Gasteiger partial charge < -0.3 is 16.6 Å². The minimum Gasteiger partial charge on any atom is -0.380 e. The lowest BCUT2D eigenvalue weighted by molar-refractivity contribution is -0.282. The molecule has 5 N–H and O–H groups in total. The van der Waals surface area contributed by atoms with Crippen LogP contribution in [0.5, 0.6) is 0 Å². The van der Waals surface area contributed by atoms with Crippen molar-refractivity contribution in [2.45, 2.75) is 40.6 Å². The highest BCUT2D eigenvalue weighted by atomic mass is 127. The lowest BCUT2D eigenvalue weighted by atomic mass is 9.72. The summed E-state index contributed by atoms with van der Waals surface area (Å²) in [6.07, 6.45) is -4.74. The lowest BCUT2D eigenvalue weighted by Gasteiger charge is -2.49. The number of rotatable bonds is 0. The lowest BCUT2D eigenvalue weighted by Crippen LogP contribution is -2.71. The maximum Gasteiger partial charge on any atom is 0.417 e. The van der Waals surface area contributed by atoms with Crippen LogP contribution >= 0.6 is 22.6 Å². The molecule has 0 aliphatic heterocycles. The summed E-state index contributed by atoms with van der Waals surface area (Å²) in [5, 5.41) is 9.82. The van der Waals surface area contributed by atoms with Gasteiger partial charge in [-0.15, -0.1) is 0 Å². The fraction of sp³-hybridized carbons (Fsp3) is 1.00. The van der Waals surface area contributed by atoms with E-state index in [1.54, 1.807) is 29.5 Å². The highest BCUT2D eigenvalue weighted by molar-refractivity contribution is 14.1. The second-order valence-corrected chi connectivity index (χ2v) is 6.95. The molecule has 0 amide bonds. The van der Waals surface area contributed by atoms with E-state index in [4.69, 9.17) is 11.5 Å². The number of aliphatic hydroxyl groups is 1. The Morgan fingerprint density at radius 2 is 1.88 bits per heavy atom. The van der Waals surface area contributed by atoms with Crippen molar-refractivity contribution in [3.05, 3.63) is 0 Å². The van der Waals surface area contributed by atoms with E-state index in [9.17, 15) is 18.3 Å². The molecule has 2 aliphatic rings. The third-order valence-corrected chi connectivity index (χ3v) is 6.24. The zero-order valence-electron chi connectivity index (χ0n) is 8.68. The molecular weight excluding hydrogens is 336 g/mol. The molecular formula is C9H14F3IN2O. The maximum absolute atomic E-state index is 12.8. The van der Waals surface area contributed by atoms with Gasteiger partial charge in [-0.25, -0.2) is 0 Å². The van der Waals surface area contributed by atoms with Gasteiger partial charge in [-0.2, -0.15) is 13.2 Å². The topological polar surface area (TPSA) is 72.3 Å². The van der Waals surface area contributed by atoms with E-state index in [1.165, 1.54) is 0 Å². The van der Waals surface area contributed by atoms with Gasteiger partial charge in [0.1, 0.15) is 0 Å². The Labute approximate surface area is 105 Å². The van der Waals surface area contributed by atoms with Crippen molar-refractivity contribution in [2.24, 2.45) is 23.3 Å². The van der Waals surface area contributed by atoms with E-state index in [-0.39, 0.29) is 18.8 Å². The van der Waals surface area contributed by atoms with Crippen LogP contribution in [0.1, 0.15) is 19.8 Å². The monoisotopic (exact) mass is 350 g/mol. The van der Waals surface area contributed by atoms with Crippen LogP contribution in [0, 0.1) is 11.8 Å². The van der Waals surface area contributed by atoms with Crippen LogP contribution in [-0.2, 0) is 0 Å². The van der Waals surface area contributed by atoms with Crippen molar-refractivity contribution >= 4 is 22.6 Å². The largest absolute Gasteiger partial charge is 0.417 e. The number of hydrogen-bond donors (Lipinski definition) is 3. The Hall–Kier alpha value is 0.400. The van der Waals surface area contributed by atoms with Crippen LogP contribution in [0.2, 0.25) is 0 Å². The molecule has 2 fully saturated rings. The smallest absolute Gasteiger partial charge is 0.380 e. The minimum absolute atomic E-state index is 0.239. The number of hydrogen-bond acceptors (Lipinski definition) is 3. The van der Waals surface area contributed by atoms with Gasteiger partial charge in [0.2, 0.25) is 0 Å². The van der Waals surface area contributed by atoms with Crippen LogP contribution in [0.3, 0.4) is 0 Å². The van der Waals surface area contributed by atoms with Crippen LogP contribution in [0.15, 0.2) is 0 Å². The quantitative estimate of drug-likeness (QED) is 0.348. The van der Waals surface area contributed by atoms with E-state index < -0.39 is 26.8 Å². The molecule has 0 aromatic rings. The zero-order chi connectivity index (χ0) is 12.6. The Morgan fingerprint density at radius 3 is 2.19 bits per heavy atom. The summed E-state index contributed by atoms with van der Waals surface area (Å²) in [5.74, 6) is -1.41. The van der Waals surface area contributed by atoms with Gasteiger partial charge in [0.25, 0.3) is 0 Å². The third kappa shape index (κ3) is 1.25. The van der Waals surface area contributed by atoms with Crippen molar-refractivity contribution in [2.75, 3.05) is 0 Å². The van der Waals surface area contributed by atoms with Crippen LogP contribution in [0.25, 0.3) is 0 Å². The van der Waals surface area contributed by atoms with E-state index in [1.807, 2.05) is 0 Å². The molecule has 0 saturated heterocycles. The first kappa shape index (κ1) is 12.8. The van der Waals surface area contributed by atoms with Gasteiger partial charge in [0.15, 0.2) is 5.60 Å². The predicted octanol–water partition coefficient (Wildman–Crippen LogP) is 1.13. The first-order valence-electron chi connectivity index (χ1n) is 5.00. The molecule has 2 aliphatic carbocycles. The fourth-order valence-electron chi connectivity index (χ4n) is 3.06. The van der Waals surface area contributed by atoms with Crippen molar-refractivity contribution < 1.29 is 18.3 Å². The molecule has 2 saturated carbocycles.